The van der Waals surface area contributed by atoms with Crippen LogP contribution in [0, 0.1) is 0 Å². The smallest absolute Gasteiger partial charge is 0.224 e. The molecular formula is C21H24Br2N2O2. The lowest BCUT2D eigenvalue weighted by atomic mass is 10.0. The average molecular weight is 496 g/mol. The van der Waals surface area contributed by atoms with Crippen molar-refractivity contribution in [2.75, 3.05) is 21.3 Å². The number of hydrogen-bond donors (Lipinski definition) is 2. The van der Waals surface area contributed by atoms with Gasteiger partial charge in [-0.3, -0.25) is 9.59 Å². The number of carbonyl (C=O) groups is 2. The molecule has 0 saturated carbocycles. The van der Waals surface area contributed by atoms with Crippen LogP contribution < -0.4 is 10.6 Å². The van der Waals surface area contributed by atoms with Gasteiger partial charge in [0.05, 0.1) is 0 Å². The molecule has 2 aromatic carbocycles. The summed E-state index contributed by atoms with van der Waals surface area (Å²) < 4.78 is 0. The van der Waals surface area contributed by atoms with Gasteiger partial charge in [-0.2, -0.15) is 0 Å². The molecular weight excluding hydrogens is 472 g/mol. The summed E-state index contributed by atoms with van der Waals surface area (Å²) in [5, 5.41) is 7.52. The lowest BCUT2D eigenvalue weighted by Gasteiger charge is -2.09. The Morgan fingerprint density at radius 3 is 1.59 bits per heavy atom. The van der Waals surface area contributed by atoms with Gasteiger partial charge >= 0.3 is 0 Å². The van der Waals surface area contributed by atoms with E-state index in [1.807, 2.05) is 48.5 Å². The molecule has 2 rings (SSSR count). The monoisotopic (exact) mass is 494 g/mol. The first-order valence-corrected chi connectivity index (χ1v) is 11.2. The Balaban J connectivity index is 1.98. The van der Waals surface area contributed by atoms with E-state index in [-0.39, 0.29) is 11.8 Å². The summed E-state index contributed by atoms with van der Waals surface area (Å²) in [6.07, 6.45) is 3.38. The molecule has 0 aliphatic rings. The summed E-state index contributed by atoms with van der Waals surface area (Å²) in [5.41, 5.74) is 3.84. The number of benzene rings is 2. The molecule has 0 unspecified atom stereocenters. The van der Waals surface area contributed by atoms with Crippen molar-refractivity contribution in [1.29, 1.82) is 0 Å². The number of halogens is 2. The van der Waals surface area contributed by atoms with E-state index in [0.717, 1.165) is 52.4 Å². The van der Waals surface area contributed by atoms with Gasteiger partial charge in [0.15, 0.2) is 0 Å². The van der Waals surface area contributed by atoms with E-state index >= 15 is 0 Å². The van der Waals surface area contributed by atoms with Gasteiger partial charge in [0, 0.05) is 34.9 Å². The third kappa shape index (κ3) is 8.26. The molecule has 0 spiro atoms. The standard InChI is InChI=1S/C21H24Br2N2O2/c22-11-3-9-20(26)24-18-7-1-5-16(14-18)13-17-6-2-8-19(15-17)25-21(27)10-4-12-23/h1-2,5-8,14-15H,3-4,9-13H2,(H,24,26)(H,25,27). The second kappa shape index (κ2) is 11.9. The molecule has 0 radical (unpaired) electrons. The highest BCUT2D eigenvalue weighted by Gasteiger charge is 2.05. The zero-order chi connectivity index (χ0) is 19.5. The van der Waals surface area contributed by atoms with Crippen LogP contribution in [-0.4, -0.2) is 22.5 Å². The van der Waals surface area contributed by atoms with Crippen LogP contribution in [0.15, 0.2) is 48.5 Å². The van der Waals surface area contributed by atoms with Crippen LogP contribution >= 0.6 is 31.9 Å². The van der Waals surface area contributed by atoms with Crippen LogP contribution in [0.3, 0.4) is 0 Å². The zero-order valence-corrected chi connectivity index (χ0v) is 18.3. The quantitative estimate of drug-likeness (QED) is 0.427. The van der Waals surface area contributed by atoms with Crippen LogP contribution in [0.25, 0.3) is 0 Å². The zero-order valence-electron chi connectivity index (χ0n) is 15.1. The second-order valence-electron chi connectivity index (χ2n) is 6.26. The minimum atomic E-state index is 0.0276. The highest BCUT2D eigenvalue weighted by molar-refractivity contribution is 9.09. The molecule has 0 heterocycles. The van der Waals surface area contributed by atoms with Crippen LogP contribution in [0.4, 0.5) is 11.4 Å². The first-order valence-electron chi connectivity index (χ1n) is 9.00. The Hall–Kier alpha value is -1.66. The second-order valence-corrected chi connectivity index (χ2v) is 7.84. The van der Waals surface area contributed by atoms with Crippen molar-refractivity contribution in [2.45, 2.75) is 32.1 Å². The van der Waals surface area contributed by atoms with E-state index in [4.69, 9.17) is 0 Å². The van der Waals surface area contributed by atoms with E-state index in [1.54, 1.807) is 0 Å². The summed E-state index contributed by atoms with van der Waals surface area (Å²) in [5.74, 6) is 0.0552. The molecule has 0 aliphatic carbocycles. The highest BCUT2D eigenvalue weighted by Crippen LogP contribution is 2.18. The van der Waals surface area contributed by atoms with Gasteiger partial charge < -0.3 is 10.6 Å². The largest absolute Gasteiger partial charge is 0.326 e. The van der Waals surface area contributed by atoms with Crippen LogP contribution in [0.1, 0.15) is 36.8 Å². The van der Waals surface area contributed by atoms with Gasteiger partial charge in [-0.15, -0.1) is 0 Å². The Morgan fingerprint density at radius 1 is 0.741 bits per heavy atom. The van der Waals surface area contributed by atoms with Crippen molar-refractivity contribution in [3.8, 4) is 0 Å². The van der Waals surface area contributed by atoms with Crippen LogP contribution in [0.5, 0.6) is 0 Å². The molecule has 0 bridgehead atoms. The highest BCUT2D eigenvalue weighted by atomic mass is 79.9. The number of carbonyl (C=O) groups excluding carboxylic acids is 2. The fourth-order valence-electron chi connectivity index (χ4n) is 2.66. The summed E-state index contributed by atoms with van der Waals surface area (Å²) >= 11 is 6.67. The van der Waals surface area contributed by atoms with E-state index in [0.29, 0.717) is 12.8 Å². The first-order chi connectivity index (χ1) is 13.1. The van der Waals surface area contributed by atoms with E-state index in [9.17, 15) is 9.59 Å². The molecule has 0 aromatic heterocycles. The summed E-state index contributed by atoms with van der Waals surface area (Å²) in [7, 11) is 0. The molecule has 0 aliphatic heterocycles. The van der Waals surface area contributed by atoms with Crippen molar-refractivity contribution in [2.24, 2.45) is 0 Å². The van der Waals surface area contributed by atoms with Crippen molar-refractivity contribution in [1.82, 2.24) is 0 Å². The minimum Gasteiger partial charge on any atom is -0.326 e. The normalized spacial score (nSPS) is 10.4. The first kappa shape index (κ1) is 21.6. The molecule has 6 heteroatoms. The minimum absolute atomic E-state index is 0.0276. The number of anilines is 2. The lowest BCUT2D eigenvalue weighted by molar-refractivity contribution is -0.117. The lowest BCUT2D eigenvalue weighted by Crippen LogP contribution is -2.11. The Bertz CT molecular complexity index is 702. The van der Waals surface area contributed by atoms with Crippen molar-refractivity contribution in [3.05, 3.63) is 59.7 Å². The van der Waals surface area contributed by atoms with Gasteiger partial charge in [-0.1, -0.05) is 56.1 Å². The maximum Gasteiger partial charge on any atom is 0.224 e. The number of alkyl halides is 2. The molecule has 144 valence electrons. The van der Waals surface area contributed by atoms with E-state index in [2.05, 4.69) is 42.5 Å². The molecule has 0 saturated heterocycles. The summed E-state index contributed by atoms with van der Waals surface area (Å²) in [4.78, 5) is 23.8. The predicted molar refractivity (Wildman–Crippen MR) is 119 cm³/mol. The molecule has 27 heavy (non-hydrogen) atoms. The maximum absolute atomic E-state index is 11.9. The SMILES string of the molecule is O=C(CCCBr)Nc1cccc(Cc2cccc(NC(=O)CCCBr)c2)c1. The molecule has 2 N–H and O–H groups in total. The third-order valence-electron chi connectivity index (χ3n) is 3.90. The topological polar surface area (TPSA) is 58.2 Å². The number of hydrogen-bond acceptors (Lipinski definition) is 2. The number of nitrogens with one attached hydrogen (secondary N) is 2. The maximum atomic E-state index is 11.9. The van der Waals surface area contributed by atoms with Crippen LogP contribution in [0.2, 0.25) is 0 Å². The van der Waals surface area contributed by atoms with Gasteiger partial charge in [0.25, 0.3) is 0 Å². The van der Waals surface area contributed by atoms with Gasteiger partial charge in [0.1, 0.15) is 0 Å². The van der Waals surface area contributed by atoms with E-state index < -0.39 is 0 Å². The Labute approximate surface area is 177 Å². The fourth-order valence-corrected chi connectivity index (χ4v) is 3.22. The molecule has 2 aromatic rings. The van der Waals surface area contributed by atoms with E-state index in [1.165, 1.54) is 0 Å². The van der Waals surface area contributed by atoms with Crippen LogP contribution in [-0.2, 0) is 16.0 Å². The third-order valence-corrected chi connectivity index (χ3v) is 5.03. The van der Waals surface area contributed by atoms with Gasteiger partial charge in [-0.25, -0.2) is 0 Å². The molecule has 2 amide bonds. The number of amides is 2. The van der Waals surface area contributed by atoms with Crippen molar-refractivity contribution < 1.29 is 9.59 Å². The van der Waals surface area contributed by atoms with Gasteiger partial charge in [-0.05, 0) is 54.7 Å². The summed E-state index contributed by atoms with van der Waals surface area (Å²) in [6.45, 7) is 0. The predicted octanol–water partition coefficient (Wildman–Crippen LogP) is 5.50. The summed E-state index contributed by atoms with van der Waals surface area (Å²) in [6, 6.07) is 15.8. The van der Waals surface area contributed by atoms with Crippen molar-refractivity contribution in [3.63, 3.8) is 0 Å². The Kier molecular flexibility index (Phi) is 9.56. The molecule has 4 nitrogen and oxygen atoms in total. The molecule has 0 fully saturated rings. The number of rotatable bonds is 10. The van der Waals surface area contributed by atoms with Crippen molar-refractivity contribution >= 4 is 55.0 Å². The molecule has 0 atom stereocenters. The fraction of sp³-hybridized carbons (Fsp3) is 0.333. The average Bonchev–Trinajstić information content (AvgIpc) is 2.65. The Morgan fingerprint density at radius 2 is 1.19 bits per heavy atom. The van der Waals surface area contributed by atoms with Gasteiger partial charge in [0.2, 0.25) is 11.8 Å².